The number of nitriles is 1. The number of carbonyl (C=O) groups is 1. The number of amides is 1. The molecule has 0 radical (unpaired) electrons. The maximum Gasteiger partial charge on any atom is 0.238 e. The number of carbonyl (C=O) groups excluding carboxylic acids is 1. The van der Waals surface area contributed by atoms with Gasteiger partial charge in [0, 0.05) is 35.4 Å². The Bertz CT molecular complexity index is 529. The van der Waals surface area contributed by atoms with Crippen LogP contribution in [0.4, 0.5) is 5.69 Å². The number of rotatable bonds is 3. The van der Waals surface area contributed by atoms with Crippen molar-refractivity contribution in [1.82, 2.24) is 4.90 Å². The predicted molar refractivity (Wildman–Crippen MR) is 74.1 cm³/mol. The van der Waals surface area contributed by atoms with Crippen LogP contribution in [0.15, 0.2) is 24.3 Å². The summed E-state index contributed by atoms with van der Waals surface area (Å²) in [6, 6.07) is 8.95. The molecule has 0 unspecified atom stereocenters. The van der Waals surface area contributed by atoms with E-state index in [0.29, 0.717) is 35.8 Å². The first-order valence-electron chi connectivity index (χ1n) is 6.05. The average Bonchev–Trinajstić information content (AvgIpc) is 2.42. The Kier molecular flexibility index (Phi) is 4.66. The first-order chi connectivity index (χ1) is 9.19. The van der Waals surface area contributed by atoms with E-state index in [-0.39, 0.29) is 12.5 Å². The van der Waals surface area contributed by atoms with Gasteiger partial charge in [0.25, 0.3) is 0 Å². The van der Waals surface area contributed by atoms with Crippen molar-refractivity contribution in [2.75, 3.05) is 36.5 Å². The van der Waals surface area contributed by atoms with E-state index in [2.05, 4.69) is 5.32 Å². The van der Waals surface area contributed by atoms with Gasteiger partial charge in [-0.3, -0.25) is 13.9 Å². The van der Waals surface area contributed by atoms with Crippen molar-refractivity contribution in [1.29, 1.82) is 5.26 Å². The van der Waals surface area contributed by atoms with E-state index in [1.54, 1.807) is 24.3 Å². The van der Waals surface area contributed by atoms with Crippen molar-refractivity contribution >= 4 is 22.4 Å². The number of hydrogen-bond acceptors (Lipinski definition) is 4. The lowest BCUT2D eigenvalue weighted by atomic mass is 10.2. The minimum absolute atomic E-state index is 0.143. The van der Waals surface area contributed by atoms with Crippen LogP contribution < -0.4 is 5.32 Å². The van der Waals surface area contributed by atoms with Gasteiger partial charge in [-0.1, -0.05) is 12.1 Å². The molecular weight excluding hydrogens is 262 g/mol. The fraction of sp³-hybridized carbons (Fsp3) is 0.385. The van der Waals surface area contributed by atoms with Crippen molar-refractivity contribution in [3.8, 4) is 6.07 Å². The molecule has 1 N–H and O–H groups in total. The van der Waals surface area contributed by atoms with Gasteiger partial charge in [-0.2, -0.15) is 5.26 Å². The Balaban J connectivity index is 1.91. The molecule has 6 heteroatoms. The molecule has 1 aliphatic rings. The van der Waals surface area contributed by atoms with Crippen LogP contribution in [0.3, 0.4) is 0 Å². The number of nitrogens with zero attached hydrogens (tertiary/aromatic N) is 2. The third kappa shape index (κ3) is 3.88. The molecule has 1 aliphatic heterocycles. The summed E-state index contributed by atoms with van der Waals surface area (Å²) in [5, 5.41) is 11.7. The zero-order valence-electron chi connectivity index (χ0n) is 10.5. The van der Waals surface area contributed by atoms with Gasteiger partial charge in [0.1, 0.15) is 6.07 Å². The highest BCUT2D eigenvalue weighted by atomic mass is 32.2. The van der Waals surface area contributed by atoms with E-state index in [1.807, 2.05) is 11.0 Å². The van der Waals surface area contributed by atoms with Crippen LogP contribution in [0.5, 0.6) is 0 Å². The summed E-state index contributed by atoms with van der Waals surface area (Å²) in [7, 11) is -0.735. The van der Waals surface area contributed by atoms with Gasteiger partial charge >= 0.3 is 0 Å². The lowest BCUT2D eigenvalue weighted by Gasteiger charge is -2.25. The van der Waals surface area contributed by atoms with Gasteiger partial charge in [-0.25, -0.2) is 0 Å². The van der Waals surface area contributed by atoms with Crippen LogP contribution in [0.2, 0.25) is 0 Å². The molecule has 0 aliphatic carbocycles. The third-order valence-corrected chi connectivity index (χ3v) is 4.24. The molecule has 1 amide bonds. The highest BCUT2D eigenvalue weighted by molar-refractivity contribution is 7.85. The Hall–Kier alpha value is -1.71. The number of nitrogens with one attached hydrogen (secondary N) is 1. The van der Waals surface area contributed by atoms with Gasteiger partial charge in [0.2, 0.25) is 5.91 Å². The molecule has 0 spiro atoms. The SMILES string of the molecule is N#Cc1ccccc1NC(=O)CN1CCS(=O)CC1. The van der Waals surface area contributed by atoms with E-state index in [1.165, 1.54) is 0 Å². The maximum absolute atomic E-state index is 11.9. The predicted octanol–water partition coefficient (Wildman–Crippen LogP) is 0.561. The second kappa shape index (κ2) is 6.45. The molecule has 1 aromatic rings. The number of benzene rings is 1. The highest BCUT2D eigenvalue weighted by Crippen LogP contribution is 2.13. The Morgan fingerprint density at radius 1 is 1.37 bits per heavy atom. The molecule has 0 aromatic heterocycles. The molecule has 2 rings (SSSR count). The summed E-state index contributed by atoms with van der Waals surface area (Å²) in [6.07, 6.45) is 0. The topological polar surface area (TPSA) is 73.2 Å². The second-order valence-corrected chi connectivity index (χ2v) is 6.03. The molecule has 0 atom stereocenters. The lowest BCUT2D eigenvalue weighted by Crippen LogP contribution is -2.42. The fourth-order valence-corrected chi connectivity index (χ4v) is 3.04. The first kappa shape index (κ1) is 13.7. The van der Waals surface area contributed by atoms with Crippen molar-refractivity contribution in [3.63, 3.8) is 0 Å². The molecule has 0 saturated carbocycles. The van der Waals surface area contributed by atoms with Crippen LogP contribution in [0.1, 0.15) is 5.56 Å². The highest BCUT2D eigenvalue weighted by Gasteiger charge is 2.17. The zero-order chi connectivity index (χ0) is 13.7. The van der Waals surface area contributed by atoms with Crippen LogP contribution in [-0.4, -0.2) is 46.2 Å². The molecule has 100 valence electrons. The standard InChI is InChI=1S/C13H15N3O2S/c14-9-11-3-1-2-4-12(11)15-13(17)10-16-5-7-19(18)8-6-16/h1-4H,5-8,10H2,(H,15,17). The summed E-state index contributed by atoms with van der Waals surface area (Å²) >= 11 is 0. The van der Waals surface area contributed by atoms with Crippen molar-refractivity contribution in [2.24, 2.45) is 0 Å². The third-order valence-electron chi connectivity index (χ3n) is 2.96. The van der Waals surface area contributed by atoms with Gasteiger partial charge in [0.15, 0.2) is 0 Å². The van der Waals surface area contributed by atoms with E-state index in [0.717, 1.165) is 0 Å². The monoisotopic (exact) mass is 277 g/mol. The fourth-order valence-electron chi connectivity index (χ4n) is 1.92. The Morgan fingerprint density at radius 3 is 2.74 bits per heavy atom. The van der Waals surface area contributed by atoms with Crippen LogP contribution >= 0.6 is 0 Å². The number of anilines is 1. The number of para-hydroxylation sites is 1. The van der Waals surface area contributed by atoms with Gasteiger partial charge < -0.3 is 5.32 Å². The molecule has 0 bridgehead atoms. The second-order valence-electron chi connectivity index (χ2n) is 4.33. The van der Waals surface area contributed by atoms with Crippen LogP contribution in [-0.2, 0) is 15.6 Å². The smallest absolute Gasteiger partial charge is 0.238 e. The quantitative estimate of drug-likeness (QED) is 0.876. The molecular formula is C13H15N3O2S. The van der Waals surface area contributed by atoms with Gasteiger partial charge in [0.05, 0.1) is 17.8 Å². The number of hydrogen-bond donors (Lipinski definition) is 1. The van der Waals surface area contributed by atoms with E-state index in [4.69, 9.17) is 5.26 Å². The summed E-state index contributed by atoms with van der Waals surface area (Å²) in [4.78, 5) is 13.9. The van der Waals surface area contributed by atoms with Gasteiger partial charge in [-0.15, -0.1) is 0 Å². The zero-order valence-corrected chi connectivity index (χ0v) is 11.3. The van der Waals surface area contributed by atoms with Crippen molar-refractivity contribution < 1.29 is 9.00 Å². The lowest BCUT2D eigenvalue weighted by molar-refractivity contribution is -0.117. The minimum Gasteiger partial charge on any atom is -0.324 e. The molecule has 19 heavy (non-hydrogen) atoms. The van der Waals surface area contributed by atoms with Crippen LogP contribution in [0, 0.1) is 11.3 Å². The summed E-state index contributed by atoms with van der Waals surface area (Å²) in [6.45, 7) is 1.64. The average molecular weight is 277 g/mol. The van der Waals surface area contributed by atoms with Crippen LogP contribution in [0.25, 0.3) is 0 Å². The van der Waals surface area contributed by atoms with E-state index in [9.17, 15) is 9.00 Å². The van der Waals surface area contributed by atoms with Crippen molar-refractivity contribution in [2.45, 2.75) is 0 Å². The molecule has 1 saturated heterocycles. The van der Waals surface area contributed by atoms with Crippen molar-refractivity contribution in [3.05, 3.63) is 29.8 Å². The van der Waals surface area contributed by atoms with E-state index >= 15 is 0 Å². The molecule has 1 fully saturated rings. The first-order valence-corrected chi connectivity index (χ1v) is 7.54. The van der Waals surface area contributed by atoms with Gasteiger partial charge in [-0.05, 0) is 12.1 Å². The minimum atomic E-state index is -0.735. The largest absolute Gasteiger partial charge is 0.324 e. The maximum atomic E-state index is 11.9. The molecule has 5 nitrogen and oxygen atoms in total. The summed E-state index contributed by atoms with van der Waals surface area (Å²) in [5.41, 5.74) is 0.992. The summed E-state index contributed by atoms with van der Waals surface area (Å²) < 4.78 is 11.2. The molecule has 1 aromatic carbocycles. The Labute approximate surface area is 114 Å². The molecule has 1 heterocycles. The summed E-state index contributed by atoms with van der Waals surface area (Å²) in [5.74, 6) is 1.11. The Morgan fingerprint density at radius 2 is 2.05 bits per heavy atom. The normalized spacial score (nSPS) is 16.8. The van der Waals surface area contributed by atoms with E-state index < -0.39 is 10.8 Å².